The van der Waals surface area contributed by atoms with Crippen LogP contribution in [0.5, 0.6) is 0 Å². The summed E-state index contributed by atoms with van der Waals surface area (Å²) in [4.78, 5) is 2.59. The molecule has 0 amide bonds. The highest BCUT2D eigenvalue weighted by Gasteiger charge is 2.62. The van der Waals surface area contributed by atoms with Crippen molar-refractivity contribution in [2.24, 2.45) is 5.92 Å². The van der Waals surface area contributed by atoms with Gasteiger partial charge < -0.3 is 13.6 Å². The Hall–Kier alpha value is 0.0569. The van der Waals surface area contributed by atoms with Crippen LogP contribution in [0.2, 0.25) is 6.04 Å². The van der Waals surface area contributed by atoms with Crippen LogP contribution >= 0.6 is 0 Å². The topological polar surface area (TPSA) is 30.9 Å². The molecule has 0 aromatic carbocycles. The lowest BCUT2D eigenvalue weighted by Gasteiger charge is -2.53. The van der Waals surface area contributed by atoms with Crippen LogP contribution in [0.1, 0.15) is 66.7 Å². The Balaban J connectivity index is 3.05. The molecule has 5 heteroatoms. The quantitative estimate of drug-likeness (QED) is 0.542. The summed E-state index contributed by atoms with van der Waals surface area (Å²) < 4.78 is 18.5. The van der Waals surface area contributed by atoms with Crippen LogP contribution in [0.3, 0.4) is 0 Å². The zero-order valence-corrected chi connectivity index (χ0v) is 18.4. The number of rotatable bonds is 10. The third kappa shape index (κ3) is 4.23. The van der Waals surface area contributed by atoms with Crippen LogP contribution in [0.25, 0.3) is 0 Å². The van der Waals surface area contributed by atoms with E-state index in [-0.39, 0.29) is 5.22 Å². The molecule has 4 nitrogen and oxygen atoms in total. The van der Waals surface area contributed by atoms with Crippen molar-refractivity contribution in [3.8, 4) is 0 Å². The summed E-state index contributed by atoms with van der Waals surface area (Å²) >= 11 is 0. The molecule has 24 heavy (non-hydrogen) atoms. The predicted molar refractivity (Wildman–Crippen MR) is 104 cm³/mol. The standard InChI is InChI=1S/C19H41NO3Si/c1-9-13-19(21-6)18(11-10-15-24(19,22-7)23-8)12-14-20(16(2)3)17(4)5/h16-18H,9-15H2,1-8H3. The van der Waals surface area contributed by atoms with E-state index in [9.17, 15) is 0 Å². The Kier molecular flexibility index (Phi) is 8.90. The van der Waals surface area contributed by atoms with E-state index in [1.165, 1.54) is 12.8 Å². The maximum atomic E-state index is 6.28. The number of hydrogen-bond donors (Lipinski definition) is 0. The van der Waals surface area contributed by atoms with Crippen molar-refractivity contribution >= 4 is 8.56 Å². The van der Waals surface area contributed by atoms with E-state index in [4.69, 9.17) is 13.6 Å². The molecule has 0 aromatic rings. The lowest BCUT2D eigenvalue weighted by molar-refractivity contribution is -0.0592. The smallest absolute Gasteiger partial charge is 0.371 e. The number of methoxy groups -OCH3 is 1. The zero-order valence-electron chi connectivity index (χ0n) is 17.4. The maximum absolute atomic E-state index is 6.28. The minimum Gasteiger partial charge on any atom is -0.396 e. The van der Waals surface area contributed by atoms with E-state index in [0.29, 0.717) is 18.0 Å². The lowest BCUT2D eigenvalue weighted by atomic mass is 9.88. The Labute approximate surface area is 151 Å². The first-order valence-electron chi connectivity index (χ1n) is 9.75. The SMILES string of the molecule is CCCC1(OC)C(CCN(C(C)C)C(C)C)CCC[Si]1(OC)OC. The summed E-state index contributed by atoms with van der Waals surface area (Å²) in [6, 6.07) is 2.19. The molecule has 0 spiro atoms. The van der Waals surface area contributed by atoms with Gasteiger partial charge in [0, 0.05) is 33.4 Å². The van der Waals surface area contributed by atoms with E-state index in [1.54, 1.807) is 0 Å². The van der Waals surface area contributed by atoms with Gasteiger partial charge >= 0.3 is 8.56 Å². The molecule has 2 unspecified atom stereocenters. The first-order valence-corrected chi connectivity index (χ1v) is 11.8. The summed E-state index contributed by atoms with van der Waals surface area (Å²) in [6.45, 7) is 12.5. The first-order chi connectivity index (χ1) is 11.3. The molecule has 1 heterocycles. The molecular weight excluding hydrogens is 318 g/mol. The molecule has 1 rings (SSSR count). The van der Waals surface area contributed by atoms with Crippen LogP contribution in [0.15, 0.2) is 0 Å². The van der Waals surface area contributed by atoms with Gasteiger partial charge in [-0.25, -0.2) is 0 Å². The summed E-state index contributed by atoms with van der Waals surface area (Å²) in [5.74, 6) is 0.516. The van der Waals surface area contributed by atoms with Gasteiger partial charge in [-0.2, -0.15) is 0 Å². The third-order valence-electron chi connectivity index (χ3n) is 6.07. The molecule has 0 aliphatic carbocycles. The molecule has 1 aliphatic heterocycles. The second-order valence-corrected chi connectivity index (χ2v) is 11.5. The normalized spacial score (nSPS) is 27.4. The van der Waals surface area contributed by atoms with E-state index >= 15 is 0 Å². The molecule has 0 bridgehead atoms. The van der Waals surface area contributed by atoms with Crippen molar-refractivity contribution in [2.45, 2.75) is 90.1 Å². The minimum absolute atomic E-state index is 0.219. The van der Waals surface area contributed by atoms with E-state index in [2.05, 4.69) is 39.5 Å². The van der Waals surface area contributed by atoms with Gasteiger partial charge in [0.05, 0.1) is 0 Å². The Bertz CT molecular complexity index is 353. The Morgan fingerprint density at radius 2 is 1.67 bits per heavy atom. The second-order valence-electron chi connectivity index (χ2n) is 7.81. The Morgan fingerprint density at radius 1 is 1.08 bits per heavy atom. The predicted octanol–water partition coefficient (Wildman–Crippen LogP) is 4.36. The summed E-state index contributed by atoms with van der Waals surface area (Å²) in [7, 11) is 3.17. The number of nitrogens with zero attached hydrogens (tertiary/aromatic N) is 1. The van der Waals surface area contributed by atoms with Crippen LogP contribution in [-0.2, 0) is 13.6 Å². The molecule has 144 valence electrons. The van der Waals surface area contributed by atoms with Gasteiger partial charge in [-0.15, -0.1) is 0 Å². The van der Waals surface area contributed by atoms with E-state index in [0.717, 1.165) is 31.9 Å². The number of hydrogen-bond acceptors (Lipinski definition) is 4. The fourth-order valence-corrected chi connectivity index (χ4v) is 9.17. The van der Waals surface area contributed by atoms with Crippen LogP contribution in [0, 0.1) is 5.92 Å². The average molecular weight is 360 g/mol. The van der Waals surface area contributed by atoms with E-state index < -0.39 is 8.56 Å². The summed E-state index contributed by atoms with van der Waals surface area (Å²) in [5.41, 5.74) is 0. The molecule has 1 saturated heterocycles. The van der Waals surface area contributed by atoms with Gasteiger partial charge in [0.15, 0.2) is 0 Å². The van der Waals surface area contributed by atoms with Gasteiger partial charge in [-0.05, 0) is 65.5 Å². The largest absolute Gasteiger partial charge is 0.396 e. The van der Waals surface area contributed by atoms with Crippen molar-refractivity contribution < 1.29 is 13.6 Å². The number of ether oxygens (including phenoxy) is 1. The van der Waals surface area contributed by atoms with Gasteiger partial charge in [-0.1, -0.05) is 19.8 Å². The van der Waals surface area contributed by atoms with Gasteiger partial charge in [0.1, 0.15) is 5.22 Å². The minimum atomic E-state index is -2.36. The average Bonchev–Trinajstić information content (AvgIpc) is 2.55. The highest BCUT2D eigenvalue weighted by Crippen LogP contribution is 2.47. The molecule has 0 radical (unpaired) electrons. The molecule has 1 fully saturated rings. The second kappa shape index (κ2) is 9.67. The van der Waals surface area contributed by atoms with Crippen LogP contribution in [0.4, 0.5) is 0 Å². The highest BCUT2D eigenvalue weighted by molar-refractivity contribution is 6.70. The molecule has 2 atom stereocenters. The molecule has 0 saturated carbocycles. The lowest BCUT2D eigenvalue weighted by Crippen LogP contribution is -2.68. The monoisotopic (exact) mass is 359 g/mol. The molecule has 0 N–H and O–H groups in total. The maximum Gasteiger partial charge on any atom is 0.371 e. The Morgan fingerprint density at radius 3 is 2.08 bits per heavy atom. The fraction of sp³-hybridized carbons (Fsp3) is 1.00. The van der Waals surface area contributed by atoms with Crippen molar-refractivity contribution in [3.05, 3.63) is 0 Å². The van der Waals surface area contributed by atoms with Gasteiger partial charge in [-0.3, -0.25) is 4.90 Å². The van der Waals surface area contributed by atoms with E-state index in [1.807, 2.05) is 21.3 Å². The van der Waals surface area contributed by atoms with Crippen molar-refractivity contribution in [3.63, 3.8) is 0 Å². The van der Waals surface area contributed by atoms with Gasteiger partial charge in [0.25, 0.3) is 0 Å². The summed E-state index contributed by atoms with van der Waals surface area (Å²) in [6.07, 6.45) is 5.71. The van der Waals surface area contributed by atoms with Crippen LogP contribution in [-0.4, -0.2) is 58.6 Å². The highest BCUT2D eigenvalue weighted by atomic mass is 28.4. The van der Waals surface area contributed by atoms with Crippen molar-refractivity contribution in [1.82, 2.24) is 4.90 Å². The van der Waals surface area contributed by atoms with Crippen molar-refractivity contribution in [1.29, 1.82) is 0 Å². The van der Waals surface area contributed by atoms with Gasteiger partial charge in [0.2, 0.25) is 0 Å². The summed E-state index contributed by atoms with van der Waals surface area (Å²) in [5, 5.41) is -0.219. The fourth-order valence-electron chi connectivity index (χ4n) is 4.96. The molecule has 1 aliphatic rings. The van der Waals surface area contributed by atoms with Crippen LogP contribution < -0.4 is 0 Å². The third-order valence-corrected chi connectivity index (χ3v) is 10.6. The first kappa shape index (κ1) is 22.1. The zero-order chi connectivity index (χ0) is 18.4. The molecule has 0 aromatic heterocycles. The van der Waals surface area contributed by atoms with Crippen molar-refractivity contribution in [2.75, 3.05) is 27.9 Å². The molecular formula is C19H41NO3Si.